The summed E-state index contributed by atoms with van der Waals surface area (Å²) in [6.07, 6.45) is 2.90. The van der Waals surface area contributed by atoms with Crippen LogP contribution in [-0.2, 0) is 5.38 Å². The molecule has 0 saturated heterocycles. The second kappa shape index (κ2) is 6.15. The maximum absolute atomic E-state index is 13.0. The van der Waals surface area contributed by atoms with Gasteiger partial charge in [0.2, 0.25) is 0 Å². The Morgan fingerprint density at radius 2 is 2.09 bits per heavy atom. The van der Waals surface area contributed by atoms with Gasteiger partial charge in [0, 0.05) is 0 Å². The van der Waals surface area contributed by atoms with Crippen LogP contribution in [0.25, 0.3) is 12.2 Å². The lowest BCUT2D eigenvalue weighted by atomic mass is 10.1. The fraction of sp³-hybridized carbons (Fsp3) is 0.143. The average Bonchev–Trinajstić information content (AvgIpc) is 2.45. The second-order valence-corrected chi connectivity index (χ2v) is 4.76. The lowest BCUT2D eigenvalue weighted by molar-refractivity contribution is 0.0894. The van der Waals surface area contributed by atoms with Crippen LogP contribution in [0, 0.1) is 0 Å². The van der Waals surface area contributed by atoms with Crippen molar-refractivity contribution < 1.29 is 18.6 Å². The largest absolute Gasteiger partial charge is 0.504 e. The van der Waals surface area contributed by atoms with Crippen LogP contribution in [-0.4, -0.2) is 22.2 Å². The summed E-state index contributed by atoms with van der Waals surface area (Å²) in [5, 5.41) is 5.79. The summed E-state index contributed by atoms with van der Waals surface area (Å²) < 4.78 is 31.0. The van der Waals surface area contributed by atoms with Crippen LogP contribution in [0.4, 0.5) is 8.78 Å². The number of H-pyrrole nitrogens is 1. The van der Waals surface area contributed by atoms with Gasteiger partial charge in [0.15, 0.2) is 11.5 Å². The molecule has 0 aliphatic carbocycles. The van der Waals surface area contributed by atoms with E-state index in [2.05, 4.69) is 4.98 Å². The Morgan fingerprint density at radius 3 is 2.73 bits per heavy atom. The number of phenols is 1. The Balaban J connectivity index is 2.34. The van der Waals surface area contributed by atoms with E-state index in [0.717, 1.165) is 6.07 Å². The highest BCUT2D eigenvalue weighted by molar-refractivity contribution is 6.21. The number of rotatable bonds is 4. The van der Waals surface area contributed by atoms with E-state index in [-0.39, 0.29) is 17.2 Å². The van der Waals surface area contributed by atoms with E-state index in [1.54, 1.807) is 6.07 Å². The molecular formula is C14H11ClF2N2O3. The van der Waals surface area contributed by atoms with Gasteiger partial charge >= 0.3 is 11.1 Å². The van der Waals surface area contributed by atoms with Crippen molar-refractivity contribution in [1.29, 1.82) is 0 Å². The summed E-state index contributed by atoms with van der Waals surface area (Å²) in [6, 6.07) is 5.51. The third-order valence-electron chi connectivity index (χ3n) is 2.72. The number of aromatic hydroxyl groups is 1. The number of halogens is 3. The molecule has 0 amide bonds. The molecule has 0 radical (unpaired) electrons. The number of nitrogens with one attached hydrogen (secondary N) is 1. The van der Waals surface area contributed by atoms with Crippen LogP contribution in [0.1, 0.15) is 17.0 Å². The number of alkyl halides is 3. The van der Waals surface area contributed by atoms with Crippen molar-refractivity contribution >= 4 is 23.8 Å². The van der Waals surface area contributed by atoms with E-state index in [1.807, 2.05) is 4.98 Å². The highest BCUT2D eigenvalue weighted by Crippen LogP contribution is 2.30. The number of hydrogen-bond donors (Lipinski definition) is 2. The molecule has 2 aromatic rings. The molecule has 0 bridgehead atoms. The van der Waals surface area contributed by atoms with E-state index < -0.39 is 16.8 Å². The Labute approximate surface area is 128 Å². The monoisotopic (exact) mass is 328 g/mol. The first-order valence-corrected chi connectivity index (χ1v) is 6.41. The summed E-state index contributed by atoms with van der Waals surface area (Å²) in [5.41, 5.74) is -1.03. The first-order chi connectivity index (χ1) is 10.3. The van der Waals surface area contributed by atoms with Gasteiger partial charge in [0.05, 0.1) is 12.8 Å². The summed E-state index contributed by atoms with van der Waals surface area (Å²) >= 11 is 4.88. The lowest BCUT2D eigenvalue weighted by Gasteiger charge is -2.07. The molecule has 1 heterocycles. The number of phenolic OH excluding ortho intramolecular Hbond substituents is 1. The standard InChI is InChI=1S/C14H11ClF2N2O3/c1-22-11-6-8(3-5-10(11)20)2-4-9-7-12(14(15,16)17)19-13(21)18-9/h2-7,20H,1H3,(H,18,19,21)/b4-2+. The first-order valence-electron chi connectivity index (χ1n) is 6.03. The molecule has 116 valence electrons. The van der Waals surface area contributed by atoms with Crippen LogP contribution in [0.5, 0.6) is 11.5 Å². The number of aromatic nitrogens is 2. The molecule has 1 aromatic carbocycles. The van der Waals surface area contributed by atoms with E-state index in [4.69, 9.17) is 16.3 Å². The fourth-order valence-corrected chi connectivity index (χ4v) is 1.80. The van der Waals surface area contributed by atoms with E-state index in [1.165, 1.54) is 31.4 Å². The molecule has 22 heavy (non-hydrogen) atoms. The van der Waals surface area contributed by atoms with Gasteiger partial charge < -0.3 is 14.8 Å². The molecule has 0 aliphatic rings. The molecule has 8 heteroatoms. The van der Waals surface area contributed by atoms with Gasteiger partial charge in [0.25, 0.3) is 0 Å². The third kappa shape index (κ3) is 3.82. The van der Waals surface area contributed by atoms with Crippen molar-refractivity contribution in [2.45, 2.75) is 5.38 Å². The predicted octanol–water partition coefficient (Wildman–Crippen LogP) is 2.94. The van der Waals surface area contributed by atoms with Crippen molar-refractivity contribution in [1.82, 2.24) is 9.97 Å². The van der Waals surface area contributed by atoms with Crippen molar-refractivity contribution in [3.8, 4) is 11.5 Å². The third-order valence-corrected chi connectivity index (χ3v) is 2.92. The lowest BCUT2D eigenvalue weighted by Crippen LogP contribution is -2.18. The number of hydrogen-bond acceptors (Lipinski definition) is 4. The molecule has 0 unspecified atom stereocenters. The maximum atomic E-state index is 13.0. The summed E-state index contributed by atoms with van der Waals surface area (Å²) in [6.45, 7) is 0. The molecule has 0 fully saturated rings. The average molecular weight is 329 g/mol. The second-order valence-electron chi connectivity index (χ2n) is 4.29. The van der Waals surface area contributed by atoms with Gasteiger partial charge in [-0.2, -0.15) is 13.8 Å². The van der Waals surface area contributed by atoms with Crippen LogP contribution in [0.15, 0.2) is 29.1 Å². The molecule has 1 aromatic heterocycles. The molecule has 0 saturated carbocycles. The van der Waals surface area contributed by atoms with Crippen molar-refractivity contribution in [3.63, 3.8) is 0 Å². The Morgan fingerprint density at radius 1 is 1.36 bits per heavy atom. The maximum Gasteiger partial charge on any atom is 0.362 e. The van der Waals surface area contributed by atoms with Gasteiger partial charge in [0.1, 0.15) is 5.69 Å². The van der Waals surface area contributed by atoms with Gasteiger partial charge in [-0.3, -0.25) is 0 Å². The number of methoxy groups -OCH3 is 1. The van der Waals surface area contributed by atoms with Crippen molar-refractivity contribution in [2.75, 3.05) is 7.11 Å². The molecule has 2 N–H and O–H groups in total. The van der Waals surface area contributed by atoms with Crippen molar-refractivity contribution in [3.05, 3.63) is 51.7 Å². The predicted molar refractivity (Wildman–Crippen MR) is 78.2 cm³/mol. The Bertz CT molecular complexity index is 769. The molecule has 0 atom stereocenters. The quantitative estimate of drug-likeness (QED) is 0.846. The van der Waals surface area contributed by atoms with Crippen molar-refractivity contribution in [2.24, 2.45) is 0 Å². The number of aromatic amines is 1. The molecule has 2 rings (SSSR count). The Kier molecular flexibility index (Phi) is 4.46. The molecule has 0 aliphatic heterocycles. The highest BCUT2D eigenvalue weighted by Gasteiger charge is 2.29. The molecular weight excluding hydrogens is 318 g/mol. The zero-order valence-corrected chi connectivity index (χ0v) is 12.1. The van der Waals surface area contributed by atoms with Crippen LogP contribution < -0.4 is 10.4 Å². The minimum Gasteiger partial charge on any atom is -0.504 e. The topological polar surface area (TPSA) is 75.2 Å². The van der Waals surface area contributed by atoms with Gasteiger partial charge in [-0.05, 0) is 41.4 Å². The highest BCUT2D eigenvalue weighted by atomic mass is 35.5. The zero-order chi connectivity index (χ0) is 16.3. The van der Waals surface area contributed by atoms with Gasteiger partial charge in [-0.1, -0.05) is 12.1 Å². The van der Waals surface area contributed by atoms with Crippen LogP contribution in [0.3, 0.4) is 0 Å². The summed E-state index contributed by atoms with van der Waals surface area (Å²) in [4.78, 5) is 16.7. The fourth-order valence-electron chi connectivity index (χ4n) is 1.69. The number of nitrogens with zero attached hydrogens (tertiary/aromatic N) is 1. The SMILES string of the molecule is COc1cc(/C=C/c2cc(C(F)(F)Cl)[nH]c(=O)n2)ccc1O. The van der Waals surface area contributed by atoms with E-state index in [9.17, 15) is 18.7 Å². The number of ether oxygens (including phenoxy) is 1. The van der Waals surface area contributed by atoms with Gasteiger partial charge in [-0.25, -0.2) is 4.79 Å². The summed E-state index contributed by atoms with van der Waals surface area (Å²) in [7, 11) is 1.40. The number of benzene rings is 1. The van der Waals surface area contributed by atoms with Crippen LogP contribution in [0.2, 0.25) is 0 Å². The molecule has 0 spiro atoms. The normalized spacial score (nSPS) is 11.8. The van der Waals surface area contributed by atoms with Gasteiger partial charge in [-0.15, -0.1) is 0 Å². The van der Waals surface area contributed by atoms with E-state index >= 15 is 0 Å². The minimum absolute atomic E-state index is 0.0196. The van der Waals surface area contributed by atoms with E-state index in [0.29, 0.717) is 5.56 Å². The zero-order valence-electron chi connectivity index (χ0n) is 11.3. The van der Waals surface area contributed by atoms with Crippen LogP contribution >= 0.6 is 11.6 Å². The molecule has 5 nitrogen and oxygen atoms in total. The smallest absolute Gasteiger partial charge is 0.362 e. The minimum atomic E-state index is -3.69. The first kappa shape index (κ1) is 16.0. The Hall–Kier alpha value is -2.41. The summed E-state index contributed by atoms with van der Waals surface area (Å²) in [5.74, 6) is 0.229.